The molecule has 0 aromatic carbocycles. The molecule has 0 unspecified atom stereocenters. The van der Waals surface area contributed by atoms with E-state index in [4.69, 9.17) is 5.73 Å². The van der Waals surface area contributed by atoms with Gasteiger partial charge in [-0.3, -0.25) is 9.18 Å². The summed E-state index contributed by atoms with van der Waals surface area (Å²) in [5.74, 6) is -0.0209. The van der Waals surface area contributed by atoms with Gasteiger partial charge in [0.2, 0.25) is 5.91 Å². The molecule has 1 aliphatic rings. The third kappa shape index (κ3) is 1.68. The average molecular weight is 160 g/mol. The molecule has 3 nitrogen and oxygen atoms in total. The highest BCUT2D eigenvalue weighted by molar-refractivity contribution is 5.81. The maximum absolute atomic E-state index is 11.9. The molecule has 0 radical (unpaired) electrons. The standard InChI is InChI=1S/C7H13FN2O/c1-5(9)7(11)10-3-6(2-8)4-10/h5-6H,2-4,9H2,1H3/t5-/m0/s1. The first-order valence-electron chi connectivity index (χ1n) is 3.75. The predicted molar refractivity (Wildman–Crippen MR) is 39.7 cm³/mol. The Morgan fingerprint density at radius 3 is 2.73 bits per heavy atom. The molecule has 0 aliphatic carbocycles. The van der Waals surface area contributed by atoms with E-state index in [1.807, 2.05) is 0 Å². The first-order valence-corrected chi connectivity index (χ1v) is 3.75. The van der Waals surface area contributed by atoms with Gasteiger partial charge in [-0.25, -0.2) is 0 Å². The Kier molecular flexibility index (Phi) is 2.44. The number of nitrogens with two attached hydrogens (primary N) is 1. The topological polar surface area (TPSA) is 46.3 Å². The molecule has 2 N–H and O–H groups in total. The summed E-state index contributed by atoms with van der Waals surface area (Å²) in [5, 5.41) is 0. The molecular weight excluding hydrogens is 147 g/mol. The van der Waals surface area contributed by atoms with E-state index in [-0.39, 0.29) is 18.5 Å². The quantitative estimate of drug-likeness (QED) is 0.606. The van der Waals surface area contributed by atoms with E-state index in [0.717, 1.165) is 0 Å². The SMILES string of the molecule is C[C@H](N)C(=O)N1CC(CF)C1. The van der Waals surface area contributed by atoms with Gasteiger partial charge >= 0.3 is 0 Å². The Balaban J connectivity index is 2.27. The Labute approximate surface area is 65.3 Å². The van der Waals surface area contributed by atoms with Gasteiger partial charge in [0.05, 0.1) is 12.7 Å². The molecule has 1 aliphatic heterocycles. The van der Waals surface area contributed by atoms with Gasteiger partial charge in [-0.1, -0.05) is 0 Å². The molecule has 0 aromatic rings. The molecule has 1 heterocycles. The van der Waals surface area contributed by atoms with Crippen molar-refractivity contribution in [1.29, 1.82) is 0 Å². The summed E-state index contributed by atoms with van der Waals surface area (Å²) in [5.41, 5.74) is 5.35. The molecule has 0 bridgehead atoms. The van der Waals surface area contributed by atoms with Crippen molar-refractivity contribution in [2.24, 2.45) is 11.7 Å². The van der Waals surface area contributed by atoms with Gasteiger partial charge in [0.15, 0.2) is 0 Å². The number of carbonyl (C=O) groups excluding carboxylic acids is 1. The number of alkyl halides is 1. The largest absolute Gasteiger partial charge is 0.340 e. The zero-order valence-corrected chi connectivity index (χ0v) is 6.59. The molecule has 1 amide bonds. The van der Waals surface area contributed by atoms with Gasteiger partial charge in [-0.15, -0.1) is 0 Å². The average Bonchev–Trinajstić information content (AvgIpc) is 1.85. The summed E-state index contributed by atoms with van der Waals surface area (Å²) in [7, 11) is 0. The molecule has 1 rings (SSSR count). The molecule has 4 heteroatoms. The van der Waals surface area contributed by atoms with E-state index < -0.39 is 6.04 Å². The number of rotatable bonds is 2. The Hall–Kier alpha value is -0.640. The lowest BCUT2D eigenvalue weighted by Gasteiger charge is -2.38. The second-order valence-electron chi connectivity index (χ2n) is 3.05. The van der Waals surface area contributed by atoms with Crippen molar-refractivity contribution in [3.05, 3.63) is 0 Å². The highest BCUT2D eigenvalue weighted by Gasteiger charge is 2.31. The van der Waals surface area contributed by atoms with Crippen molar-refractivity contribution in [1.82, 2.24) is 4.90 Å². The number of halogens is 1. The number of hydrogen-bond donors (Lipinski definition) is 1. The van der Waals surface area contributed by atoms with Crippen LogP contribution in [0.15, 0.2) is 0 Å². The number of amides is 1. The number of carbonyl (C=O) groups is 1. The number of hydrogen-bond acceptors (Lipinski definition) is 2. The van der Waals surface area contributed by atoms with Gasteiger partial charge in [0, 0.05) is 19.0 Å². The molecule has 1 fully saturated rings. The van der Waals surface area contributed by atoms with Gasteiger partial charge in [0.1, 0.15) is 0 Å². The summed E-state index contributed by atoms with van der Waals surface area (Å²) in [4.78, 5) is 12.7. The highest BCUT2D eigenvalue weighted by atomic mass is 19.1. The summed E-state index contributed by atoms with van der Waals surface area (Å²) >= 11 is 0. The first kappa shape index (κ1) is 8.46. The Bertz CT molecular complexity index is 155. The van der Waals surface area contributed by atoms with Crippen molar-refractivity contribution < 1.29 is 9.18 Å². The van der Waals surface area contributed by atoms with E-state index in [1.54, 1.807) is 11.8 Å². The van der Waals surface area contributed by atoms with Crippen LogP contribution in [0.3, 0.4) is 0 Å². The van der Waals surface area contributed by atoms with E-state index >= 15 is 0 Å². The lowest BCUT2D eigenvalue weighted by molar-refractivity contribution is -0.138. The van der Waals surface area contributed by atoms with Crippen LogP contribution >= 0.6 is 0 Å². The van der Waals surface area contributed by atoms with E-state index in [9.17, 15) is 9.18 Å². The maximum atomic E-state index is 11.9. The van der Waals surface area contributed by atoms with E-state index in [0.29, 0.717) is 13.1 Å². The van der Waals surface area contributed by atoms with Gasteiger partial charge in [0.25, 0.3) is 0 Å². The van der Waals surface area contributed by atoms with Crippen LogP contribution in [-0.2, 0) is 4.79 Å². The van der Waals surface area contributed by atoms with Gasteiger partial charge < -0.3 is 10.6 Å². The van der Waals surface area contributed by atoms with Crippen LogP contribution in [0.5, 0.6) is 0 Å². The first-order chi connectivity index (χ1) is 5.15. The second kappa shape index (κ2) is 3.17. The van der Waals surface area contributed by atoms with Crippen LogP contribution in [-0.4, -0.2) is 36.6 Å². The third-order valence-corrected chi connectivity index (χ3v) is 1.88. The predicted octanol–water partition coefficient (Wildman–Crippen LogP) is -0.238. The smallest absolute Gasteiger partial charge is 0.239 e. The summed E-state index contributed by atoms with van der Waals surface area (Å²) < 4.78 is 11.9. The van der Waals surface area contributed by atoms with Crippen LogP contribution in [0.4, 0.5) is 4.39 Å². The monoisotopic (exact) mass is 160 g/mol. The van der Waals surface area contributed by atoms with E-state index in [2.05, 4.69) is 0 Å². The molecule has 1 atom stereocenters. The Morgan fingerprint density at radius 1 is 1.82 bits per heavy atom. The van der Waals surface area contributed by atoms with Crippen molar-refractivity contribution in [3.8, 4) is 0 Å². The van der Waals surface area contributed by atoms with Crippen molar-refractivity contribution in [3.63, 3.8) is 0 Å². The fourth-order valence-corrected chi connectivity index (χ4v) is 1.14. The van der Waals surface area contributed by atoms with E-state index in [1.165, 1.54) is 0 Å². The zero-order valence-electron chi connectivity index (χ0n) is 6.59. The number of nitrogens with zero attached hydrogens (tertiary/aromatic N) is 1. The molecule has 11 heavy (non-hydrogen) atoms. The third-order valence-electron chi connectivity index (χ3n) is 1.88. The minimum Gasteiger partial charge on any atom is -0.340 e. The lowest BCUT2D eigenvalue weighted by Crippen LogP contribution is -2.55. The summed E-state index contributed by atoms with van der Waals surface area (Å²) in [6, 6.07) is -0.449. The van der Waals surface area contributed by atoms with Crippen molar-refractivity contribution in [2.45, 2.75) is 13.0 Å². The van der Waals surface area contributed by atoms with Crippen molar-refractivity contribution in [2.75, 3.05) is 19.8 Å². The minimum atomic E-state index is -0.449. The zero-order chi connectivity index (χ0) is 8.43. The molecule has 0 spiro atoms. The maximum Gasteiger partial charge on any atom is 0.239 e. The summed E-state index contributed by atoms with van der Waals surface area (Å²) in [6.45, 7) is 2.39. The van der Waals surface area contributed by atoms with Crippen LogP contribution in [0.2, 0.25) is 0 Å². The molecule has 64 valence electrons. The lowest BCUT2D eigenvalue weighted by atomic mass is 10.0. The molecule has 1 saturated heterocycles. The Morgan fingerprint density at radius 2 is 2.36 bits per heavy atom. The molecule has 0 aromatic heterocycles. The fourth-order valence-electron chi connectivity index (χ4n) is 1.14. The van der Waals surface area contributed by atoms with Gasteiger partial charge in [-0.2, -0.15) is 0 Å². The van der Waals surface area contributed by atoms with Crippen LogP contribution < -0.4 is 5.73 Å². The number of likely N-dealkylation sites (tertiary alicyclic amines) is 1. The fraction of sp³-hybridized carbons (Fsp3) is 0.857. The second-order valence-corrected chi connectivity index (χ2v) is 3.05. The van der Waals surface area contributed by atoms with Crippen LogP contribution in [0.1, 0.15) is 6.92 Å². The van der Waals surface area contributed by atoms with Crippen LogP contribution in [0.25, 0.3) is 0 Å². The molecule has 0 saturated carbocycles. The van der Waals surface area contributed by atoms with Crippen LogP contribution in [0, 0.1) is 5.92 Å². The molecular formula is C7H13FN2O. The summed E-state index contributed by atoms with van der Waals surface area (Å²) in [6.07, 6.45) is 0. The highest BCUT2D eigenvalue weighted by Crippen LogP contribution is 2.16. The van der Waals surface area contributed by atoms with Crippen molar-refractivity contribution >= 4 is 5.91 Å². The van der Waals surface area contributed by atoms with Gasteiger partial charge in [-0.05, 0) is 6.92 Å². The minimum absolute atomic E-state index is 0.0534. The normalized spacial score (nSPS) is 21.2.